The number of carbonyl (C=O) groups excluding carboxylic acids is 1. The summed E-state index contributed by atoms with van der Waals surface area (Å²) < 4.78 is 20.8. The molecule has 1 fully saturated rings. The lowest BCUT2D eigenvalue weighted by Gasteiger charge is -2.35. The number of hydrogen-bond acceptors (Lipinski definition) is 7. The van der Waals surface area contributed by atoms with Crippen LogP contribution in [0.5, 0.6) is 0 Å². The topological polar surface area (TPSA) is 98.9 Å². The van der Waals surface area contributed by atoms with Gasteiger partial charge in [0.2, 0.25) is 0 Å². The van der Waals surface area contributed by atoms with Gasteiger partial charge in [-0.05, 0) is 49.7 Å². The van der Waals surface area contributed by atoms with Gasteiger partial charge in [-0.1, -0.05) is 0 Å². The lowest BCUT2D eigenvalue weighted by atomic mass is 10.1. The Morgan fingerprint density at radius 1 is 1.12 bits per heavy atom. The maximum Gasteiger partial charge on any atom is 0.275 e. The van der Waals surface area contributed by atoms with E-state index in [4.69, 9.17) is 4.74 Å². The highest BCUT2D eigenvalue weighted by Crippen LogP contribution is 2.24. The molecule has 9 nitrogen and oxygen atoms in total. The molecular formula is C24H22FN7O2. The summed E-state index contributed by atoms with van der Waals surface area (Å²) >= 11 is 0. The summed E-state index contributed by atoms with van der Waals surface area (Å²) in [5.74, 6) is -0.210. The minimum Gasteiger partial charge on any atom is -0.356 e. The Bertz CT molecular complexity index is 1290. The van der Waals surface area contributed by atoms with Gasteiger partial charge in [0, 0.05) is 30.8 Å². The minimum absolute atomic E-state index is 0.247. The second-order valence-corrected chi connectivity index (χ2v) is 7.88. The predicted octanol–water partition coefficient (Wildman–Crippen LogP) is 3.13. The van der Waals surface area contributed by atoms with E-state index < -0.39 is 12.0 Å². The zero-order valence-electron chi connectivity index (χ0n) is 18.5. The quantitative estimate of drug-likeness (QED) is 0.452. The van der Waals surface area contributed by atoms with E-state index in [1.807, 2.05) is 19.1 Å². The van der Waals surface area contributed by atoms with Crippen LogP contribution in [0.1, 0.15) is 22.6 Å². The lowest BCUT2D eigenvalue weighted by Crippen LogP contribution is -2.49. The van der Waals surface area contributed by atoms with Crippen LogP contribution in [0.3, 0.4) is 0 Å². The molecule has 4 aromatic rings. The molecule has 10 heteroatoms. The van der Waals surface area contributed by atoms with Gasteiger partial charge in [-0.2, -0.15) is 5.10 Å². The van der Waals surface area contributed by atoms with Crippen molar-refractivity contribution in [1.29, 1.82) is 0 Å². The summed E-state index contributed by atoms with van der Waals surface area (Å²) in [6.07, 6.45) is 6.40. The number of amides is 1. The molecule has 0 spiro atoms. The Hall–Kier alpha value is -4.05. The summed E-state index contributed by atoms with van der Waals surface area (Å²) in [6.45, 7) is 3.24. The Balaban J connectivity index is 1.40. The van der Waals surface area contributed by atoms with Gasteiger partial charge in [0.25, 0.3) is 5.91 Å². The summed E-state index contributed by atoms with van der Waals surface area (Å²) in [4.78, 5) is 32.5. The fraction of sp³-hybridized carbons (Fsp3) is 0.250. The van der Waals surface area contributed by atoms with Crippen molar-refractivity contribution in [3.63, 3.8) is 0 Å². The van der Waals surface area contributed by atoms with Crippen molar-refractivity contribution < 1.29 is 13.9 Å². The van der Waals surface area contributed by atoms with Crippen molar-refractivity contribution in [3.8, 4) is 22.8 Å². The molecule has 0 bridgehead atoms. The fourth-order valence-corrected chi connectivity index (χ4v) is 3.83. The first-order valence-corrected chi connectivity index (χ1v) is 10.9. The molecule has 0 N–H and O–H groups in total. The number of rotatable bonds is 5. The third-order valence-electron chi connectivity index (χ3n) is 5.48. The SMILES string of the molecule is Cc1ccc(-c2ncccn2)c(C(=O)N2CCCOC2Cn2ccc(-c3ccc(F)cn3)n2)n1. The van der Waals surface area contributed by atoms with Crippen LogP contribution in [-0.4, -0.2) is 59.9 Å². The maximum absolute atomic E-state index is 13.7. The second kappa shape index (κ2) is 9.44. The lowest BCUT2D eigenvalue weighted by molar-refractivity contribution is -0.0862. The number of aryl methyl sites for hydroxylation is 1. The molecule has 34 heavy (non-hydrogen) atoms. The van der Waals surface area contributed by atoms with E-state index in [-0.39, 0.29) is 5.91 Å². The first-order chi connectivity index (χ1) is 16.6. The van der Waals surface area contributed by atoms with Gasteiger partial charge in [-0.3, -0.25) is 14.5 Å². The second-order valence-electron chi connectivity index (χ2n) is 7.88. The van der Waals surface area contributed by atoms with E-state index >= 15 is 0 Å². The van der Waals surface area contributed by atoms with E-state index in [1.165, 1.54) is 6.07 Å². The highest BCUT2D eigenvalue weighted by molar-refractivity contribution is 5.98. The molecule has 1 atom stereocenters. The van der Waals surface area contributed by atoms with Gasteiger partial charge >= 0.3 is 0 Å². The van der Waals surface area contributed by atoms with E-state index in [1.54, 1.807) is 46.4 Å². The van der Waals surface area contributed by atoms with Crippen molar-refractivity contribution in [1.82, 2.24) is 34.6 Å². The van der Waals surface area contributed by atoms with Crippen LogP contribution in [0.15, 0.2) is 61.2 Å². The molecule has 4 aromatic heterocycles. The van der Waals surface area contributed by atoms with Gasteiger partial charge in [-0.15, -0.1) is 0 Å². The number of aromatic nitrogens is 6. The molecule has 0 radical (unpaired) electrons. The molecule has 0 aromatic carbocycles. The molecule has 1 amide bonds. The van der Waals surface area contributed by atoms with Crippen LogP contribution >= 0.6 is 0 Å². The number of carbonyl (C=O) groups is 1. The third-order valence-corrected chi connectivity index (χ3v) is 5.48. The third kappa shape index (κ3) is 4.53. The maximum atomic E-state index is 13.7. The largest absolute Gasteiger partial charge is 0.356 e. The summed E-state index contributed by atoms with van der Waals surface area (Å²) in [7, 11) is 0. The minimum atomic E-state index is -0.526. The van der Waals surface area contributed by atoms with E-state index in [0.717, 1.165) is 18.3 Å². The van der Waals surface area contributed by atoms with Gasteiger partial charge < -0.3 is 9.64 Å². The van der Waals surface area contributed by atoms with Crippen LogP contribution in [0.2, 0.25) is 0 Å². The first kappa shape index (κ1) is 21.8. The van der Waals surface area contributed by atoms with Crippen molar-refractivity contribution in [2.75, 3.05) is 13.2 Å². The molecule has 5 rings (SSSR count). The molecule has 1 unspecified atom stereocenters. The smallest absolute Gasteiger partial charge is 0.275 e. The number of halogens is 1. The molecular weight excluding hydrogens is 437 g/mol. The number of hydrogen-bond donors (Lipinski definition) is 0. The molecule has 0 aliphatic carbocycles. The van der Waals surface area contributed by atoms with E-state index in [2.05, 4.69) is 25.0 Å². The predicted molar refractivity (Wildman–Crippen MR) is 121 cm³/mol. The first-order valence-electron chi connectivity index (χ1n) is 10.9. The Morgan fingerprint density at radius 2 is 1.97 bits per heavy atom. The van der Waals surface area contributed by atoms with Gasteiger partial charge in [0.15, 0.2) is 12.1 Å². The molecule has 1 aliphatic rings. The van der Waals surface area contributed by atoms with Crippen LogP contribution in [0, 0.1) is 12.7 Å². The monoisotopic (exact) mass is 459 g/mol. The van der Waals surface area contributed by atoms with E-state index in [0.29, 0.717) is 48.2 Å². The zero-order valence-corrected chi connectivity index (χ0v) is 18.5. The van der Waals surface area contributed by atoms with Gasteiger partial charge in [-0.25, -0.2) is 19.3 Å². The standard InChI is InChI=1S/C24H22FN7O2/c1-16-4-6-18(23-26-9-2-10-27-23)22(29-16)24(33)32-11-3-13-34-21(32)15-31-12-8-20(30-31)19-7-5-17(25)14-28-19/h2,4-10,12,14,21H,3,11,13,15H2,1H3. The van der Waals surface area contributed by atoms with Crippen molar-refractivity contribution >= 4 is 5.91 Å². The summed E-state index contributed by atoms with van der Waals surface area (Å²) in [6, 6.07) is 10.1. The molecule has 1 aliphatic heterocycles. The molecule has 5 heterocycles. The summed E-state index contributed by atoms with van der Waals surface area (Å²) in [5, 5.41) is 4.53. The van der Waals surface area contributed by atoms with E-state index in [9.17, 15) is 9.18 Å². The number of pyridine rings is 2. The molecule has 1 saturated heterocycles. The zero-order chi connectivity index (χ0) is 23.5. The highest BCUT2D eigenvalue weighted by atomic mass is 19.1. The molecule has 0 saturated carbocycles. The van der Waals surface area contributed by atoms with Crippen molar-refractivity contribution in [2.45, 2.75) is 26.1 Å². The Kier molecular flexibility index (Phi) is 6.05. The Morgan fingerprint density at radius 3 is 2.76 bits per heavy atom. The van der Waals surface area contributed by atoms with Crippen molar-refractivity contribution in [3.05, 3.63) is 78.4 Å². The van der Waals surface area contributed by atoms with Crippen LogP contribution in [-0.2, 0) is 11.3 Å². The average molecular weight is 459 g/mol. The van der Waals surface area contributed by atoms with Gasteiger partial charge in [0.05, 0.1) is 30.6 Å². The van der Waals surface area contributed by atoms with Crippen LogP contribution < -0.4 is 0 Å². The van der Waals surface area contributed by atoms with Crippen molar-refractivity contribution in [2.24, 2.45) is 0 Å². The van der Waals surface area contributed by atoms with Crippen LogP contribution in [0.4, 0.5) is 4.39 Å². The Labute approximate surface area is 195 Å². The normalized spacial score (nSPS) is 15.9. The molecule has 172 valence electrons. The fourth-order valence-electron chi connectivity index (χ4n) is 3.83. The van der Waals surface area contributed by atoms with Crippen LogP contribution in [0.25, 0.3) is 22.8 Å². The number of ether oxygens (including phenoxy) is 1. The summed E-state index contributed by atoms with van der Waals surface area (Å²) in [5.41, 5.74) is 2.76. The average Bonchev–Trinajstić information content (AvgIpc) is 3.33. The van der Waals surface area contributed by atoms with Gasteiger partial charge in [0.1, 0.15) is 17.2 Å². The number of nitrogens with zero attached hydrogens (tertiary/aromatic N) is 7. The highest BCUT2D eigenvalue weighted by Gasteiger charge is 2.31.